The van der Waals surface area contributed by atoms with Crippen LogP contribution in [0.3, 0.4) is 0 Å². The zero-order valence-electron chi connectivity index (χ0n) is 12.6. The summed E-state index contributed by atoms with van der Waals surface area (Å²) in [4.78, 5) is 22.4. The minimum absolute atomic E-state index is 0.0327. The van der Waals surface area contributed by atoms with Crippen molar-refractivity contribution in [2.24, 2.45) is 0 Å². The van der Waals surface area contributed by atoms with Gasteiger partial charge in [-0.05, 0) is 54.2 Å². The number of carbonyl (C=O) groups excluding carboxylic acids is 1. The zero-order valence-corrected chi connectivity index (χ0v) is 14.2. The van der Waals surface area contributed by atoms with Gasteiger partial charge in [0.15, 0.2) is 0 Å². The first kappa shape index (κ1) is 17.1. The van der Waals surface area contributed by atoms with E-state index in [1.54, 1.807) is 6.20 Å². The molecular weight excluding hydrogens is 320 g/mol. The van der Waals surface area contributed by atoms with E-state index in [0.717, 1.165) is 18.4 Å². The van der Waals surface area contributed by atoms with Gasteiger partial charge < -0.3 is 0 Å². The van der Waals surface area contributed by atoms with Crippen LogP contribution in [0.2, 0.25) is 0 Å². The Labute approximate surface area is 129 Å². The molecule has 0 bridgehead atoms. The predicted octanol–water partition coefficient (Wildman–Crippen LogP) is 3.74. The average Bonchev–Trinajstić information content (AvgIpc) is 2.45. The van der Waals surface area contributed by atoms with E-state index in [1.165, 1.54) is 5.06 Å². The van der Waals surface area contributed by atoms with Crippen LogP contribution in [0, 0.1) is 0 Å². The summed E-state index contributed by atoms with van der Waals surface area (Å²) in [6.07, 6.45) is 3.74. The third-order valence-electron chi connectivity index (χ3n) is 3.28. The molecule has 0 radical (unpaired) electrons. The fourth-order valence-electron chi connectivity index (χ4n) is 1.63. The number of halogens is 1. The SMILES string of the molecule is CCC(C)ON(C(=O)Cc1cccnc1Br)C(C)CC. The van der Waals surface area contributed by atoms with Gasteiger partial charge in [-0.1, -0.05) is 19.9 Å². The number of carbonyl (C=O) groups is 1. The second kappa shape index (κ2) is 8.37. The lowest BCUT2D eigenvalue weighted by Crippen LogP contribution is -2.41. The molecule has 0 saturated carbocycles. The highest BCUT2D eigenvalue weighted by molar-refractivity contribution is 9.10. The molecule has 1 heterocycles. The Hall–Kier alpha value is -0.940. The number of nitrogens with zero attached hydrogens (tertiary/aromatic N) is 2. The first-order valence-electron chi connectivity index (χ1n) is 7.07. The van der Waals surface area contributed by atoms with Gasteiger partial charge in [0.25, 0.3) is 5.91 Å². The molecule has 112 valence electrons. The maximum absolute atomic E-state index is 12.5. The van der Waals surface area contributed by atoms with Crippen molar-refractivity contribution < 1.29 is 9.63 Å². The van der Waals surface area contributed by atoms with E-state index in [2.05, 4.69) is 20.9 Å². The van der Waals surface area contributed by atoms with Crippen LogP contribution >= 0.6 is 15.9 Å². The third kappa shape index (κ3) is 4.87. The number of amides is 1. The largest absolute Gasteiger partial charge is 0.272 e. The molecule has 0 aliphatic heterocycles. The average molecular weight is 343 g/mol. The Balaban J connectivity index is 2.80. The summed E-state index contributed by atoms with van der Waals surface area (Å²) in [5, 5.41) is 1.52. The second-order valence-corrected chi connectivity index (χ2v) is 5.68. The van der Waals surface area contributed by atoms with Crippen molar-refractivity contribution in [2.75, 3.05) is 0 Å². The summed E-state index contributed by atoms with van der Waals surface area (Å²) in [7, 11) is 0. The van der Waals surface area contributed by atoms with E-state index in [9.17, 15) is 4.79 Å². The maximum atomic E-state index is 12.5. The monoisotopic (exact) mass is 342 g/mol. The molecule has 5 heteroatoms. The third-order valence-corrected chi connectivity index (χ3v) is 4.00. The Morgan fingerprint density at radius 2 is 2.10 bits per heavy atom. The Kier molecular flexibility index (Phi) is 7.16. The fraction of sp³-hybridized carbons (Fsp3) is 0.600. The van der Waals surface area contributed by atoms with Crippen LogP contribution in [0.1, 0.15) is 46.1 Å². The van der Waals surface area contributed by atoms with E-state index < -0.39 is 0 Å². The van der Waals surface area contributed by atoms with E-state index >= 15 is 0 Å². The molecule has 1 aromatic heterocycles. The van der Waals surface area contributed by atoms with Crippen LogP contribution in [-0.4, -0.2) is 28.1 Å². The molecule has 0 saturated heterocycles. The number of pyridine rings is 1. The van der Waals surface area contributed by atoms with Gasteiger partial charge in [-0.2, -0.15) is 0 Å². The molecule has 0 spiro atoms. The van der Waals surface area contributed by atoms with Gasteiger partial charge in [0.05, 0.1) is 18.6 Å². The van der Waals surface area contributed by atoms with E-state index in [4.69, 9.17) is 4.84 Å². The van der Waals surface area contributed by atoms with Crippen LogP contribution in [0.5, 0.6) is 0 Å². The molecule has 0 N–H and O–H groups in total. The summed E-state index contributed by atoms with van der Waals surface area (Å²) in [6, 6.07) is 3.79. The number of hydrogen-bond donors (Lipinski definition) is 0. The summed E-state index contributed by atoms with van der Waals surface area (Å²) in [5.41, 5.74) is 0.874. The first-order chi connectivity index (χ1) is 9.49. The molecule has 2 atom stereocenters. The highest BCUT2D eigenvalue weighted by atomic mass is 79.9. The van der Waals surface area contributed by atoms with Crippen molar-refractivity contribution >= 4 is 21.8 Å². The number of hydroxylamine groups is 2. The normalized spacial score (nSPS) is 13.8. The highest BCUT2D eigenvalue weighted by Gasteiger charge is 2.22. The quantitative estimate of drug-likeness (QED) is 0.559. The maximum Gasteiger partial charge on any atom is 0.250 e. The topological polar surface area (TPSA) is 42.4 Å². The Bertz CT molecular complexity index is 440. The van der Waals surface area contributed by atoms with Gasteiger partial charge in [-0.15, -0.1) is 0 Å². The predicted molar refractivity (Wildman–Crippen MR) is 83.1 cm³/mol. The van der Waals surface area contributed by atoms with Crippen LogP contribution < -0.4 is 0 Å². The summed E-state index contributed by atoms with van der Waals surface area (Å²) in [5.74, 6) is -0.0339. The molecule has 4 nitrogen and oxygen atoms in total. The summed E-state index contributed by atoms with van der Waals surface area (Å²) in [6.45, 7) is 8.06. The van der Waals surface area contributed by atoms with Crippen molar-refractivity contribution in [1.82, 2.24) is 10.0 Å². The summed E-state index contributed by atoms with van der Waals surface area (Å²) < 4.78 is 0.709. The lowest BCUT2D eigenvalue weighted by atomic mass is 10.2. The summed E-state index contributed by atoms with van der Waals surface area (Å²) >= 11 is 3.37. The molecular formula is C15H23BrN2O2. The minimum atomic E-state index is -0.0339. The number of hydrogen-bond acceptors (Lipinski definition) is 3. The van der Waals surface area contributed by atoms with Crippen molar-refractivity contribution in [3.63, 3.8) is 0 Å². The smallest absolute Gasteiger partial charge is 0.250 e. The van der Waals surface area contributed by atoms with Gasteiger partial charge in [0.2, 0.25) is 0 Å². The lowest BCUT2D eigenvalue weighted by Gasteiger charge is -2.30. The van der Waals surface area contributed by atoms with Crippen molar-refractivity contribution in [1.29, 1.82) is 0 Å². The molecule has 1 rings (SSSR count). The van der Waals surface area contributed by atoms with Gasteiger partial charge in [-0.25, -0.2) is 10.0 Å². The van der Waals surface area contributed by atoms with Gasteiger partial charge in [0, 0.05) is 6.20 Å². The number of rotatable bonds is 7. The van der Waals surface area contributed by atoms with E-state index in [0.29, 0.717) is 4.60 Å². The standard InChI is InChI=1S/C15H23BrN2O2/c1-5-11(3)18(20-12(4)6-2)14(19)10-13-8-7-9-17-15(13)16/h7-9,11-12H,5-6,10H2,1-4H3. The zero-order chi connectivity index (χ0) is 15.1. The second-order valence-electron chi connectivity index (χ2n) is 4.93. The van der Waals surface area contributed by atoms with Crippen LogP contribution in [0.25, 0.3) is 0 Å². The van der Waals surface area contributed by atoms with Crippen LogP contribution in [0.15, 0.2) is 22.9 Å². The molecule has 0 aliphatic rings. The van der Waals surface area contributed by atoms with Crippen LogP contribution in [-0.2, 0) is 16.1 Å². The molecule has 2 unspecified atom stereocenters. The van der Waals surface area contributed by atoms with Crippen molar-refractivity contribution in [3.8, 4) is 0 Å². The number of aromatic nitrogens is 1. The molecule has 20 heavy (non-hydrogen) atoms. The molecule has 1 aromatic rings. The minimum Gasteiger partial charge on any atom is -0.272 e. The van der Waals surface area contributed by atoms with Crippen molar-refractivity contribution in [2.45, 2.75) is 59.1 Å². The van der Waals surface area contributed by atoms with Crippen LogP contribution in [0.4, 0.5) is 0 Å². The van der Waals surface area contributed by atoms with E-state index in [1.807, 2.05) is 39.8 Å². The lowest BCUT2D eigenvalue weighted by molar-refractivity contribution is -0.216. The van der Waals surface area contributed by atoms with Gasteiger partial charge >= 0.3 is 0 Å². The highest BCUT2D eigenvalue weighted by Crippen LogP contribution is 2.17. The first-order valence-corrected chi connectivity index (χ1v) is 7.87. The van der Waals surface area contributed by atoms with Crippen molar-refractivity contribution in [3.05, 3.63) is 28.5 Å². The fourth-order valence-corrected chi connectivity index (χ4v) is 2.03. The molecule has 0 aromatic carbocycles. The van der Waals surface area contributed by atoms with E-state index in [-0.39, 0.29) is 24.5 Å². The molecule has 1 amide bonds. The molecule has 0 aliphatic carbocycles. The van der Waals surface area contributed by atoms with Gasteiger partial charge in [-0.3, -0.25) is 9.63 Å². The Morgan fingerprint density at radius 3 is 2.65 bits per heavy atom. The Morgan fingerprint density at radius 1 is 1.40 bits per heavy atom. The molecule has 0 fully saturated rings. The van der Waals surface area contributed by atoms with Gasteiger partial charge in [0.1, 0.15) is 4.60 Å².